The molecule has 0 amide bonds. The van der Waals surface area contributed by atoms with Gasteiger partial charge in [-0.3, -0.25) is 0 Å². The predicted octanol–water partition coefficient (Wildman–Crippen LogP) is 4.49. The van der Waals surface area contributed by atoms with Gasteiger partial charge in [0.15, 0.2) is 0 Å². The fourth-order valence-electron chi connectivity index (χ4n) is 5.53. The van der Waals surface area contributed by atoms with Gasteiger partial charge in [0, 0.05) is 0 Å². The Bertz CT molecular complexity index is 278. The van der Waals surface area contributed by atoms with Crippen molar-refractivity contribution in [1.29, 1.82) is 0 Å². The standard InChI is InChI=1S/C15H26/c1-10-5-6-13-11(2)14(3,4)12-7-8-15(10,13)9-12/h10-13H,5-9H2,1-4H3/t10-,11?,12-,13-,15+/m0/s1. The van der Waals surface area contributed by atoms with Crippen molar-refractivity contribution < 1.29 is 0 Å². The third kappa shape index (κ3) is 1.04. The molecule has 1 spiro atoms. The fourth-order valence-corrected chi connectivity index (χ4v) is 5.53. The normalized spacial score (nSPS) is 56.8. The van der Waals surface area contributed by atoms with Crippen LogP contribution in [0.1, 0.15) is 59.8 Å². The van der Waals surface area contributed by atoms with Gasteiger partial charge < -0.3 is 0 Å². The van der Waals surface area contributed by atoms with Gasteiger partial charge in [0.05, 0.1) is 0 Å². The van der Waals surface area contributed by atoms with Gasteiger partial charge in [0.2, 0.25) is 0 Å². The van der Waals surface area contributed by atoms with Crippen molar-refractivity contribution in [1.82, 2.24) is 0 Å². The molecule has 0 radical (unpaired) electrons. The second kappa shape index (κ2) is 2.81. The zero-order chi connectivity index (χ0) is 10.8. The van der Waals surface area contributed by atoms with Crippen LogP contribution in [-0.2, 0) is 0 Å². The Labute approximate surface area is 94.8 Å². The van der Waals surface area contributed by atoms with Crippen molar-refractivity contribution in [2.45, 2.75) is 59.8 Å². The summed E-state index contributed by atoms with van der Waals surface area (Å²) in [6.07, 6.45) is 7.68. The molecule has 5 atom stereocenters. The van der Waals surface area contributed by atoms with Gasteiger partial charge in [-0.1, -0.05) is 27.7 Å². The van der Waals surface area contributed by atoms with Crippen LogP contribution in [0.5, 0.6) is 0 Å². The third-order valence-corrected chi connectivity index (χ3v) is 7.04. The quantitative estimate of drug-likeness (QED) is 0.547. The highest BCUT2D eigenvalue weighted by Gasteiger charge is 2.61. The first-order valence-electron chi connectivity index (χ1n) is 6.98. The van der Waals surface area contributed by atoms with Crippen LogP contribution in [0.25, 0.3) is 0 Å². The molecule has 15 heavy (non-hydrogen) atoms. The molecule has 0 aromatic rings. The Morgan fingerprint density at radius 1 is 1.00 bits per heavy atom. The van der Waals surface area contributed by atoms with Crippen LogP contribution in [0.4, 0.5) is 0 Å². The lowest BCUT2D eigenvalue weighted by molar-refractivity contribution is -0.0294. The molecule has 0 aromatic carbocycles. The van der Waals surface area contributed by atoms with E-state index in [1.165, 1.54) is 19.3 Å². The van der Waals surface area contributed by atoms with E-state index in [1.807, 2.05) is 0 Å². The summed E-state index contributed by atoms with van der Waals surface area (Å²) in [5, 5.41) is 0. The van der Waals surface area contributed by atoms with E-state index in [9.17, 15) is 0 Å². The first-order chi connectivity index (χ1) is 6.98. The Morgan fingerprint density at radius 2 is 1.73 bits per heavy atom. The molecule has 3 rings (SSSR count). The summed E-state index contributed by atoms with van der Waals surface area (Å²) in [5.41, 5.74) is 1.41. The minimum absolute atomic E-state index is 0.620. The van der Waals surface area contributed by atoms with Crippen molar-refractivity contribution in [2.24, 2.45) is 34.5 Å². The summed E-state index contributed by atoms with van der Waals surface area (Å²) >= 11 is 0. The molecule has 0 heterocycles. The number of fused-ring (bicyclic) bond motifs is 1. The summed E-state index contributed by atoms with van der Waals surface area (Å²) in [6, 6.07) is 0. The number of hydrogen-bond donors (Lipinski definition) is 0. The van der Waals surface area contributed by atoms with E-state index in [-0.39, 0.29) is 0 Å². The van der Waals surface area contributed by atoms with E-state index in [1.54, 1.807) is 12.8 Å². The van der Waals surface area contributed by atoms with Crippen molar-refractivity contribution in [3.8, 4) is 0 Å². The Kier molecular flexibility index (Phi) is 1.91. The summed E-state index contributed by atoms with van der Waals surface area (Å²) in [7, 11) is 0. The maximum Gasteiger partial charge on any atom is -0.0238 e. The highest BCUT2D eigenvalue weighted by molar-refractivity contribution is 5.11. The Hall–Kier alpha value is 0. The van der Waals surface area contributed by atoms with Crippen LogP contribution >= 0.6 is 0 Å². The van der Waals surface area contributed by atoms with Gasteiger partial charge in [-0.2, -0.15) is 0 Å². The molecular weight excluding hydrogens is 180 g/mol. The predicted molar refractivity (Wildman–Crippen MR) is 64.6 cm³/mol. The minimum Gasteiger partial charge on any atom is -0.0620 e. The molecule has 1 unspecified atom stereocenters. The molecule has 0 N–H and O–H groups in total. The minimum atomic E-state index is 0.620. The van der Waals surface area contributed by atoms with Crippen LogP contribution < -0.4 is 0 Å². The highest BCUT2D eigenvalue weighted by atomic mass is 14.7. The maximum atomic E-state index is 2.55. The summed E-state index contributed by atoms with van der Waals surface area (Å²) in [6.45, 7) is 10.2. The van der Waals surface area contributed by atoms with Crippen molar-refractivity contribution >= 4 is 0 Å². The molecule has 3 aliphatic carbocycles. The van der Waals surface area contributed by atoms with Gasteiger partial charge in [-0.25, -0.2) is 0 Å². The second-order valence-electron chi connectivity index (χ2n) is 7.37. The van der Waals surface area contributed by atoms with Crippen molar-refractivity contribution in [2.75, 3.05) is 0 Å². The zero-order valence-corrected chi connectivity index (χ0v) is 10.8. The lowest BCUT2D eigenvalue weighted by atomic mass is 9.53. The largest absolute Gasteiger partial charge is 0.0620 e. The molecule has 0 heteroatoms. The molecular formula is C15H26. The number of rotatable bonds is 0. The van der Waals surface area contributed by atoms with Gasteiger partial charge in [-0.05, 0) is 66.6 Å². The van der Waals surface area contributed by atoms with Crippen molar-refractivity contribution in [3.05, 3.63) is 0 Å². The molecule has 0 nitrogen and oxygen atoms in total. The highest BCUT2D eigenvalue weighted by Crippen LogP contribution is 2.70. The topological polar surface area (TPSA) is 0 Å². The molecule has 0 aliphatic heterocycles. The van der Waals surface area contributed by atoms with E-state index < -0.39 is 0 Å². The number of hydrogen-bond acceptors (Lipinski definition) is 0. The van der Waals surface area contributed by atoms with E-state index in [4.69, 9.17) is 0 Å². The first-order valence-corrected chi connectivity index (χ1v) is 6.98. The average molecular weight is 206 g/mol. The van der Waals surface area contributed by atoms with E-state index in [2.05, 4.69) is 27.7 Å². The SMILES string of the molecule is CC1[C@@H]2CC[C@H](C)[C@]23CC[C@@H](C3)C1(C)C. The van der Waals surface area contributed by atoms with Gasteiger partial charge in [-0.15, -0.1) is 0 Å². The summed E-state index contributed by atoms with van der Waals surface area (Å²) in [4.78, 5) is 0. The Morgan fingerprint density at radius 3 is 2.47 bits per heavy atom. The van der Waals surface area contributed by atoms with Gasteiger partial charge in [0.1, 0.15) is 0 Å². The van der Waals surface area contributed by atoms with Crippen molar-refractivity contribution in [3.63, 3.8) is 0 Å². The van der Waals surface area contributed by atoms with Gasteiger partial charge >= 0.3 is 0 Å². The van der Waals surface area contributed by atoms with Crippen LogP contribution in [0.15, 0.2) is 0 Å². The Balaban J connectivity index is 2.03. The smallest absolute Gasteiger partial charge is 0.0238 e. The molecule has 86 valence electrons. The van der Waals surface area contributed by atoms with E-state index in [0.29, 0.717) is 5.41 Å². The molecule has 2 bridgehead atoms. The van der Waals surface area contributed by atoms with Crippen LogP contribution in [-0.4, -0.2) is 0 Å². The molecule has 3 aliphatic rings. The summed E-state index contributed by atoms with van der Waals surface area (Å²) < 4.78 is 0. The van der Waals surface area contributed by atoms with E-state index in [0.717, 1.165) is 29.1 Å². The monoisotopic (exact) mass is 206 g/mol. The second-order valence-corrected chi connectivity index (χ2v) is 7.37. The molecule has 3 fully saturated rings. The van der Waals surface area contributed by atoms with Crippen LogP contribution in [0, 0.1) is 34.5 Å². The summed E-state index contributed by atoms with van der Waals surface area (Å²) in [5.74, 6) is 4.07. The maximum absolute atomic E-state index is 2.55. The average Bonchev–Trinajstić information content (AvgIpc) is 2.72. The first kappa shape index (κ1) is 10.2. The van der Waals surface area contributed by atoms with Crippen LogP contribution in [0.3, 0.4) is 0 Å². The zero-order valence-electron chi connectivity index (χ0n) is 10.8. The molecule has 3 saturated carbocycles. The molecule has 0 aromatic heterocycles. The third-order valence-electron chi connectivity index (χ3n) is 7.04. The fraction of sp³-hybridized carbons (Fsp3) is 1.00. The lowest BCUT2D eigenvalue weighted by Crippen LogP contribution is -2.45. The molecule has 0 saturated heterocycles. The lowest BCUT2D eigenvalue weighted by Gasteiger charge is -2.51. The van der Waals surface area contributed by atoms with E-state index >= 15 is 0 Å². The van der Waals surface area contributed by atoms with Gasteiger partial charge in [0.25, 0.3) is 0 Å². The van der Waals surface area contributed by atoms with Crippen LogP contribution in [0.2, 0.25) is 0 Å².